The van der Waals surface area contributed by atoms with Crippen LogP contribution in [-0.4, -0.2) is 38.1 Å². The number of anilines is 1. The predicted molar refractivity (Wildman–Crippen MR) is 116 cm³/mol. The summed E-state index contributed by atoms with van der Waals surface area (Å²) in [5.74, 6) is -0.210. The van der Waals surface area contributed by atoms with Crippen LogP contribution in [0.15, 0.2) is 71.8 Å². The standard InChI is InChI=1S/C22H20N6O3/c29-20(11-10-19-26-18-5-2-1-4-17(18)22(31)27-19)23-14-21(30)25-15-6-8-16(9-7-15)28-13-3-12-24-28/h1-9,12-13H,10-11,14H2,(H,23,29)(H,25,30)(H,26,27,31). The smallest absolute Gasteiger partial charge is 0.258 e. The van der Waals surface area contributed by atoms with E-state index in [1.165, 1.54) is 0 Å². The molecule has 4 rings (SSSR count). The maximum absolute atomic E-state index is 12.1. The first-order valence-electron chi connectivity index (χ1n) is 9.73. The summed E-state index contributed by atoms with van der Waals surface area (Å²) in [4.78, 5) is 43.3. The lowest BCUT2D eigenvalue weighted by Crippen LogP contribution is -2.33. The van der Waals surface area contributed by atoms with Gasteiger partial charge in [0.1, 0.15) is 5.82 Å². The Morgan fingerprint density at radius 3 is 2.58 bits per heavy atom. The molecule has 4 aromatic rings. The number of aromatic amines is 1. The molecule has 9 heteroatoms. The van der Waals surface area contributed by atoms with Gasteiger partial charge in [0.15, 0.2) is 0 Å². The van der Waals surface area contributed by atoms with Crippen LogP contribution in [0.4, 0.5) is 5.69 Å². The number of H-pyrrole nitrogens is 1. The summed E-state index contributed by atoms with van der Waals surface area (Å²) in [5.41, 5.74) is 1.84. The van der Waals surface area contributed by atoms with Gasteiger partial charge in [-0.25, -0.2) is 9.67 Å². The highest BCUT2D eigenvalue weighted by molar-refractivity contribution is 5.94. The number of carbonyl (C=O) groups is 2. The Kier molecular flexibility index (Phi) is 5.84. The van der Waals surface area contributed by atoms with E-state index in [1.54, 1.807) is 47.3 Å². The third-order valence-electron chi connectivity index (χ3n) is 4.62. The van der Waals surface area contributed by atoms with Crippen molar-refractivity contribution in [1.29, 1.82) is 0 Å². The van der Waals surface area contributed by atoms with Gasteiger partial charge in [0.2, 0.25) is 11.8 Å². The lowest BCUT2D eigenvalue weighted by Gasteiger charge is -2.08. The molecule has 0 spiro atoms. The van der Waals surface area contributed by atoms with Crippen LogP contribution in [0.3, 0.4) is 0 Å². The highest BCUT2D eigenvalue weighted by Gasteiger charge is 2.09. The molecule has 0 fully saturated rings. The number of nitrogens with one attached hydrogen (secondary N) is 3. The molecule has 0 aliphatic heterocycles. The summed E-state index contributed by atoms with van der Waals surface area (Å²) in [6.07, 6.45) is 3.88. The molecule has 0 aliphatic rings. The highest BCUT2D eigenvalue weighted by Crippen LogP contribution is 2.12. The number of para-hydroxylation sites is 1. The number of nitrogens with zero attached hydrogens (tertiary/aromatic N) is 3. The molecule has 0 unspecified atom stereocenters. The van der Waals surface area contributed by atoms with Gasteiger partial charge in [0.25, 0.3) is 5.56 Å². The molecule has 31 heavy (non-hydrogen) atoms. The molecule has 0 atom stereocenters. The fraction of sp³-hybridized carbons (Fsp3) is 0.136. The summed E-state index contributed by atoms with van der Waals surface area (Å²) >= 11 is 0. The molecule has 2 heterocycles. The van der Waals surface area contributed by atoms with E-state index in [0.717, 1.165) is 5.69 Å². The average molecular weight is 416 g/mol. The van der Waals surface area contributed by atoms with Gasteiger partial charge in [-0.3, -0.25) is 14.4 Å². The molecular formula is C22H20N6O3. The Morgan fingerprint density at radius 2 is 1.81 bits per heavy atom. The van der Waals surface area contributed by atoms with Crippen LogP contribution in [0.25, 0.3) is 16.6 Å². The molecule has 0 bridgehead atoms. The van der Waals surface area contributed by atoms with Crippen molar-refractivity contribution in [3.8, 4) is 5.69 Å². The second-order valence-corrected chi connectivity index (χ2v) is 6.85. The van der Waals surface area contributed by atoms with E-state index in [2.05, 4.69) is 25.7 Å². The Labute approximate surface area is 177 Å². The van der Waals surface area contributed by atoms with Crippen LogP contribution in [0, 0.1) is 0 Å². The van der Waals surface area contributed by atoms with E-state index >= 15 is 0 Å². The van der Waals surface area contributed by atoms with Gasteiger partial charge in [-0.05, 0) is 42.5 Å². The maximum Gasteiger partial charge on any atom is 0.258 e. The van der Waals surface area contributed by atoms with Gasteiger partial charge in [-0.15, -0.1) is 0 Å². The molecule has 0 radical (unpaired) electrons. The zero-order valence-corrected chi connectivity index (χ0v) is 16.5. The largest absolute Gasteiger partial charge is 0.347 e. The van der Waals surface area contributed by atoms with Crippen molar-refractivity contribution in [2.24, 2.45) is 0 Å². The Morgan fingerprint density at radius 1 is 1.00 bits per heavy atom. The van der Waals surface area contributed by atoms with E-state index in [9.17, 15) is 14.4 Å². The number of hydrogen-bond acceptors (Lipinski definition) is 5. The molecule has 9 nitrogen and oxygen atoms in total. The quantitative estimate of drug-likeness (QED) is 0.424. The normalized spacial score (nSPS) is 10.7. The number of rotatable bonds is 7. The van der Waals surface area contributed by atoms with Gasteiger partial charge in [0, 0.05) is 30.9 Å². The number of aromatic nitrogens is 4. The van der Waals surface area contributed by atoms with Crippen LogP contribution < -0.4 is 16.2 Å². The topological polar surface area (TPSA) is 122 Å². The second-order valence-electron chi connectivity index (χ2n) is 6.85. The summed E-state index contributed by atoms with van der Waals surface area (Å²) in [6, 6.07) is 16.0. The van der Waals surface area contributed by atoms with Gasteiger partial charge in [-0.2, -0.15) is 5.10 Å². The van der Waals surface area contributed by atoms with E-state index in [4.69, 9.17) is 0 Å². The lowest BCUT2D eigenvalue weighted by molar-refractivity contribution is -0.124. The van der Waals surface area contributed by atoms with Crippen molar-refractivity contribution in [2.45, 2.75) is 12.8 Å². The zero-order chi connectivity index (χ0) is 21.6. The number of carbonyl (C=O) groups excluding carboxylic acids is 2. The van der Waals surface area contributed by atoms with E-state index in [-0.39, 0.29) is 36.8 Å². The molecule has 156 valence electrons. The summed E-state index contributed by atoms with van der Waals surface area (Å²) in [6.45, 7) is -0.151. The fourth-order valence-electron chi connectivity index (χ4n) is 3.08. The molecule has 3 N–H and O–H groups in total. The van der Waals surface area contributed by atoms with Gasteiger partial charge < -0.3 is 15.6 Å². The zero-order valence-electron chi connectivity index (χ0n) is 16.5. The monoisotopic (exact) mass is 416 g/mol. The first kappa shape index (κ1) is 20.0. The SMILES string of the molecule is O=C(CCc1nc2ccccc2c(=O)[nH]1)NCC(=O)Nc1ccc(-n2cccn2)cc1. The first-order chi connectivity index (χ1) is 15.1. The molecule has 0 aliphatic carbocycles. The summed E-state index contributed by atoms with van der Waals surface area (Å²) < 4.78 is 1.71. The van der Waals surface area contributed by atoms with Crippen molar-refractivity contribution in [1.82, 2.24) is 25.1 Å². The van der Waals surface area contributed by atoms with E-state index < -0.39 is 0 Å². The predicted octanol–water partition coefficient (Wildman–Crippen LogP) is 1.80. The van der Waals surface area contributed by atoms with Crippen molar-refractivity contribution in [2.75, 3.05) is 11.9 Å². The molecule has 2 aromatic carbocycles. The van der Waals surface area contributed by atoms with Gasteiger partial charge in [-0.1, -0.05) is 12.1 Å². The molecule has 2 amide bonds. The van der Waals surface area contributed by atoms with Crippen molar-refractivity contribution < 1.29 is 9.59 Å². The van der Waals surface area contributed by atoms with Crippen molar-refractivity contribution >= 4 is 28.4 Å². The van der Waals surface area contributed by atoms with Crippen LogP contribution in [-0.2, 0) is 16.0 Å². The molecule has 2 aromatic heterocycles. The number of fused-ring (bicyclic) bond motifs is 1. The Hall–Kier alpha value is -4.27. The van der Waals surface area contributed by atoms with Crippen LogP contribution >= 0.6 is 0 Å². The summed E-state index contributed by atoms with van der Waals surface area (Å²) in [5, 5.41) is 9.95. The molecule has 0 saturated heterocycles. The van der Waals surface area contributed by atoms with Crippen LogP contribution in [0.5, 0.6) is 0 Å². The van der Waals surface area contributed by atoms with Crippen molar-refractivity contribution in [3.63, 3.8) is 0 Å². The minimum Gasteiger partial charge on any atom is -0.347 e. The third kappa shape index (κ3) is 5.02. The van der Waals surface area contributed by atoms with Crippen LogP contribution in [0.1, 0.15) is 12.2 Å². The minimum absolute atomic E-state index is 0.104. The third-order valence-corrected chi connectivity index (χ3v) is 4.62. The highest BCUT2D eigenvalue weighted by atomic mass is 16.2. The van der Waals surface area contributed by atoms with Gasteiger partial charge >= 0.3 is 0 Å². The Bertz CT molecular complexity index is 1260. The molecule has 0 saturated carbocycles. The Balaban J connectivity index is 1.25. The first-order valence-corrected chi connectivity index (χ1v) is 9.73. The number of amides is 2. The fourth-order valence-corrected chi connectivity index (χ4v) is 3.08. The average Bonchev–Trinajstić information content (AvgIpc) is 3.32. The second kappa shape index (κ2) is 9.04. The lowest BCUT2D eigenvalue weighted by atomic mass is 10.2. The van der Waals surface area contributed by atoms with Gasteiger partial charge in [0.05, 0.1) is 23.1 Å². The maximum atomic E-state index is 12.1. The minimum atomic E-state index is -0.336. The number of hydrogen-bond donors (Lipinski definition) is 3. The molecular weight excluding hydrogens is 396 g/mol. The number of benzene rings is 2. The van der Waals surface area contributed by atoms with E-state index in [1.807, 2.05) is 24.4 Å². The van der Waals surface area contributed by atoms with Crippen LogP contribution in [0.2, 0.25) is 0 Å². The van der Waals surface area contributed by atoms with Crippen molar-refractivity contribution in [3.05, 3.63) is 83.2 Å². The number of aryl methyl sites for hydroxylation is 1. The summed E-state index contributed by atoms with van der Waals surface area (Å²) in [7, 11) is 0. The van der Waals surface area contributed by atoms with E-state index in [0.29, 0.717) is 22.4 Å².